The van der Waals surface area contributed by atoms with Crippen molar-refractivity contribution in [3.8, 4) is 0 Å². The van der Waals surface area contributed by atoms with Gasteiger partial charge in [-0.15, -0.1) is 0 Å². The minimum atomic E-state index is 0.915. The van der Waals surface area contributed by atoms with Gasteiger partial charge in [-0.1, -0.05) is 0 Å². The van der Waals surface area contributed by atoms with E-state index in [2.05, 4.69) is 15.1 Å². The number of nitrogens with zero attached hydrogens (tertiary/aromatic N) is 5. The third-order valence-electron chi connectivity index (χ3n) is 2.36. The molecule has 0 saturated heterocycles. The Hall–Kier alpha value is -1.52. The second-order valence-electron chi connectivity index (χ2n) is 3.73. The molecule has 5 nitrogen and oxygen atoms in total. The van der Waals surface area contributed by atoms with E-state index in [1.165, 1.54) is 0 Å². The Balaban J connectivity index is 2.86. The Morgan fingerprint density at radius 2 is 1.79 bits per heavy atom. The molecular formula is C9H15N5. The second kappa shape index (κ2) is 2.73. The SMILES string of the molecule is Cc1nn2c(C)nn(C)c2c1N(C)C. The van der Waals surface area contributed by atoms with Gasteiger partial charge in [0.25, 0.3) is 0 Å². The van der Waals surface area contributed by atoms with Gasteiger partial charge in [-0.2, -0.15) is 14.7 Å². The van der Waals surface area contributed by atoms with Crippen LogP contribution in [0.2, 0.25) is 0 Å². The van der Waals surface area contributed by atoms with Crippen LogP contribution in [0.1, 0.15) is 11.5 Å². The van der Waals surface area contributed by atoms with E-state index in [0.29, 0.717) is 0 Å². The minimum Gasteiger partial charge on any atom is -0.373 e. The molecule has 0 aliphatic heterocycles. The van der Waals surface area contributed by atoms with Crippen molar-refractivity contribution >= 4 is 11.3 Å². The molecule has 2 rings (SSSR count). The summed E-state index contributed by atoms with van der Waals surface area (Å²) in [6.07, 6.45) is 0. The van der Waals surface area contributed by atoms with Gasteiger partial charge >= 0.3 is 0 Å². The zero-order valence-electron chi connectivity index (χ0n) is 9.24. The van der Waals surface area contributed by atoms with Crippen LogP contribution < -0.4 is 4.90 Å². The van der Waals surface area contributed by atoms with Crippen LogP contribution in [0.15, 0.2) is 0 Å². The van der Waals surface area contributed by atoms with E-state index in [4.69, 9.17) is 0 Å². The number of aromatic nitrogens is 4. The van der Waals surface area contributed by atoms with E-state index < -0.39 is 0 Å². The number of hydrogen-bond acceptors (Lipinski definition) is 3. The molecule has 0 aliphatic rings. The molecule has 0 fully saturated rings. The molecule has 0 amide bonds. The van der Waals surface area contributed by atoms with E-state index in [-0.39, 0.29) is 0 Å². The van der Waals surface area contributed by atoms with E-state index in [9.17, 15) is 0 Å². The monoisotopic (exact) mass is 193 g/mol. The Kier molecular flexibility index (Phi) is 1.77. The molecule has 0 spiro atoms. The highest BCUT2D eigenvalue weighted by Gasteiger charge is 2.16. The van der Waals surface area contributed by atoms with E-state index >= 15 is 0 Å². The Morgan fingerprint density at radius 1 is 1.14 bits per heavy atom. The second-order valence-corrected chi connectivity index (χ2v) is 3.73. The molecule has 0 unspecified atom stereocenters. The molecule has 2 aromatic heterocycles. The number of fused-ring (bicyclic) bond motifs is 1. The molecule has 0 atom stereocenters. The maximum absolute atomic E-state index is 4.45. The van der Waals surface area contributed by atoms with Crippen molar-refractivity contribution in [1.82, 2.24) is 19.4 Å². The smallest absolute Gasteiger partial charge is 0.177 e. The van der Waals surface area contributed by atoms with Crippen molar-refractivity contribution in [2.75, 3.05) is 19.0 Å². The van der Waals surface area contributed by atoms with Crippen molar-refractivity contribution in [1.29, 1.82) is 0 Å². The zero-order valence-corrected chi connectivity index (χ0v) is 9.24. The van der Waals surface area contributed by atoms with Crippen LogP contribution in [0.5, 0.6) is 0 Å². The first kappa shape index (κ1) is 9.05. The summed E-state index contributed by atoms with van der Waals surface area (Å²) in [7, 11) is 5.98. The third-order valence-corrected chi connectivity index (χ3v) is 2.36. The summed E-state index contributed by atoms with van der Waals surface area (Å²) in [4.78, 5) is 2.07. The maximum Gasteiger partial charge on any atom is 0.177 e. The number of aryl methyl sites for hydroxylation is 3. The lowest BCUT2D eigenvalue weighted by Gasteiger charge is -2.10. The van der Waals surface area contributed by atoms with Gasteiger partial charge in [0.15, 0.2) is 5.65 Å². The topological polar surface area (TPSA) is 38.4 Å². The summed E-state index contributed by atoms with van der Waals surface area (Å²) in [6, 6.07) is 0. The lowest BCUT2D eigenvalue weighted by atomic mass is 10.3. The number of hydrogen-bond donors (Lipinski definition) is 0. The summed E-state index contributed by atoms with van der Waals surface area (Å²) in [5, 5.41) is 8.77. The van der Waals surface area contributed by atoms with E-state index in [1.807, 2.05) is 44.2 Å². The molecule has 0 radical (unpaired) electrons. The fourth-order valence-corrected chi connectivity index (χ4v) is 1.85. The molecule has 2 heterocycles. The zero-order chi connectivity index (χ0) is 10.5. The number of rotatable bonds is 1. The van der Waals surface area contributed by atoms with Crippen LogP contribution in [-0.2, 0) is 7.05 Å². The highest BCUT2D eigenvalue weighted by atomic mass is 15.4. The first-order valence-corrected chi connectivity index (χ1v) is 4.58. The predicted molar refractivity (Wildman–Crippen MR) is 55.8 cm³/mol. The first-order valence-electron chi connectivity index (χ1n) is 4.58. The lowest BCUT2D eigenvalue weighted by molar-refractivity contribution is 0.777. The molecule has 5 heteroatoms. The molecular weight excluding hydrogens is 178 g/mol. The standard InChI is InChI=1S/C9H15N5/c1-6-8(12(3)4)9-13(5)11-7(2)14(9)10-6/h1-5H3. The highest BCUT2D eigenvalue weighted by Crippen LogP contribution is 2.23. The van der Waals surface area contributed by atoms with E-state index in [1.54, 1.807) is 0 Å². The van der Waals surface area contributed by atoms with Gasteiger partial charge in [-0.05, 0) is 13.8 Å². The molecule has 0 bridgehead atoms. The summed E-state index contributed by atoms with van der Waals surface area (Å²) < 4.78 is 3.75. The van der Waals surface area contributed by atoms with Crippen LogP contribution in [0.3, 0.4) is 0 Å². The molecule has 0 saturated carbocycles. The van der Waals surface area contributed by atoms with Gasteiger partial charge in [0, 0.05) is 21.1 Å². The van der Waals surface area contributed by atoms with Crippen molar-refractivity contribution in [3.05, 3.63) is 11.5 Å². The van der Waals surface area contributed by atoms with Crippen LogP contribution in [0.25, 0.3) is 5.65 Å². The molecule has 2 aromatic rings. The van der Waals surface area contributed by atoms with Crippen LogP contribution >= 0.6 is 0 Å². The summed E-state index contributed by atoms with van der Waals surface area (Å²) in [5.41, 5.74) is 3.21. The molecule has 76 valence electrons. The minimum absolute atomic E-state index is 0.915. The van der Waals surface area contributed by atoms with Crippen LogP contribution in [0.4, 0.5) is 5.69 Å². The fraction of sp³-hybridized carbons (Fsp3) is 0.556. The Labute approximate surface area is 82.9 Å². The maximum atomic E-state index is 4.45. The molecule has 0 aliphatic carbocycles. The van der Waals surface area contributed by atoms with Gasteiger partial charge in [-0.25, -0.2) is 4.68 Å². The van der Waals surface area contributed by atoms with Gasteiger partial charge in [0.05, 0.1) is 5.69 Å². The summed E-state index contributed by atoms with van der Waals surface area (Å²) in [5.74, 6) is 0.915. The van der Waals surface area contributed by atoms with Gasteiger partial charge in [0.1, 0.15) is 11.5 Å². The fourth-order valence-electron chi connectivity index (χ4n) is 1.85. The molecule has 0 aromatic carbocycles. The van der Waals surface area contributed by atoms with Crippen molar-refractivity contribution in [2.24, 2.45) is 7.05 Å². The quantitative estimate of drug-likeness (QED) is 0.671. The molecule has 0 N–H and O–H groups in total. The Bertz CT molecular complexity index is 477. The van der Waals surface area contributed by atoms with Crippen molar-refractivity contribution in [2.45, 2.75) is 13.8 Å². The van der Waals surface area contributed by atoms with Crippen LogP contribution in [0, 0.1) is 13.8 Å². The highest BCUT2D eigenvalue weighted by molar-refractivity contribution is 5.71. The Morgan fingerprint density at radius 3 is 2.36 bits per heavy atom. The normalized spacial score (nSPS) is 11.2. The predicted octanol–water partition coefficient (Wildman–Crippen LogP) is 0.751. The summed E-state index contributed by atoms with van der Waals surface area (Å²) >= 11 is 0. The lowest BCUT2D eigenvalue weighted by Crippen LogP contribution is -2.10. The van der Waals surface area contributed by atoms with Crippen LogP contribution in [-0.4, -0.2) is 33.5 Å². The first-order chi connectivity index (χ1) is 6.52. The third kappa shape index (κ3) is 1.01. The number of anilines is 1. The molecule has 14 heavy (non-hydrogen) atoms. The van der Waals surface area contributed by atoms with Crippen molar-refractivity contribution < 1.29 is 0 Å². The largest absolute Gasteiger partial charge is 0.373 e. The van der Waals surface area contributed by atoms with Gasteiger partial charge < -0.3 is 4.90 Å². The van der Waals surface area contributed by atoms with Gasteiger partial charge in [0.2, 0.25) is 0 Å². The van der Waals surface area contributed by atoms with Gasteiger partial charge in [-0.3, -0.25) is 0 Å². The average Bonchev–Trinajstić information content (AvgIpc) is 2.52. The van der Waals surface area contributed by atoms with E-state index in [0.717, 1.165) is 22.9 Å². The van der Waals surface area contributed by atoms with Crippen molar-refractivity contribution in [3.63, 3.8) is 0 Å². The summed E-state index contributed by atoms with van der Waals surface area (Å²) in [6.45, 7) is 3.97. The average molecular weight is 193 g/mol.